The molecule has 0 atom stereocenters. The zero-order chi connectivity index (χ0) is 16.1. The number of benzene rings is 2. The standard InChI is InChI=1S/C20H15NO2/c22-19(14-13-16-8-3-1-4-9-16)18-12-7-15-21(18)20(23)17-10-5-2-6-11-17/h1-15H. The molecule has 3 nitrogen and oxygen atoms in total. The first-order chi connectivity index (χ1) is 11.3. The van der Waals surface area contributed by atoms with Gasteiger partial charge in [-0.15, -0.1) is 0 Å². The predicted octanol–water partition coefficient (Wildman–Crippen LogP) is 4.07. The van der Waals surface area contributed by atoms with Crippen LogP contribution in [0.15, 0.2) is 85.1 Å². The molecule has 0 fully saturated rings. The Kier molecular flexibility index (Phi) is 4.29. The third-order valence-corrected chi connectivity index (χ3v) is 3.47. The fourth-order valence-corrected chi connectivity index (χ4v) is 2.30. The Bertz CT molecular complexity index is 846. The van der Waals surface area contributed by atoms with Gasteiger partial charge in [-0.2, -0.15) is 0 Å². The lowest BCUT2D eigenvalue weighted by Crippen LogP contribution is -2.16. The number of allylic oxidation sites excluding steroid dienone is 1. The number of carbonyl (C=O) groups is 2. The maximum absolute atomic E-state index is 12.5. The summed E-state index contributed by atoms with van der Waals surface area (Å²) in [4.78, 5) is 24.9. The highest BCUT2D eigenvalue weighted by Crippen LogP contribution is 2.10. The van der Waals surface area contributed by atoms with E-state index >= 15 is 0 Å². The van der Waals surface area contributed by atoms with E-state index in [2.05, 4.69) is 0 Å². The molecule has 3 rings (SSSR count). The molecule has 112 valence electrons. The second-order valence-electron chi connectivity index (χ2n) is 5.04. The number of rotatable bonds is 4. The molecular weight excluding hydrogens is 286 g/mol. The molecule has 0 aliphatic heterocycles. The van der Waals surface area contributed by atoms with E-state index in [1.165, 1.54) is 10.6 Å². The van der Waals surface area contributed by atoms with Crippen molar-refractivity contribution in [3.05, 3.63) is 102 Å². The Balaban J connectivity index is 1.85. The first-order valence-electron chi connectivity index (χ1n) is 7.30. The van der Waals surface area contributed by atoms with Crippen molar-refractivity contribution in [2.75, 3.05) is 0 Å². The first kappa shape index (κ1) is 14.7. The maximum atomic E-state index is 12.5. The topological polar surface area (TPSA) is 39.1 Å². The maximum Gasteiger partial charge on any atom is 0.262 e. The van der Waals surface area contributed by atoms with Crippen LogP contribution in [-0.2, 0) is 0 Å². The van der Waals surface area contributed by atoms with Crippen molar-refractivity contribution in [3.63, 3.8) is 0 Å². The van der Waals surface area contributed by atoms with Crippen LogP contribution in [0.25, 0.3) is 6.08 Å². The summed E-state index contributed by atoms with van der Waals surface area (Å²) >= 11 is 0. The van der Waals surface area contributed by atoms with Crippen LogP contribution in [-0.4, -0.2) is 16.3 Å². The van der Waals surface area contributed by atoms with Crippen molar-refractivity contribution >= 4 is 17.8 Å². The minimum Gasteiger partial charge on any atom is -0.288 e. The van der Waals surface area contributed by atoms with Crippen LogP contribution < -0.4 is 0 Å². The zero-order valence-corrected chi connectivity index (χ0v) is 12.4. The summed E-state index contributed by atoms with van der Waals surface area (Å²) in [6, 6.07) is 21.8. The van der Waals surface area contributed by atoms with Gasteiger partial charge in [-0.3, -0.25) is 14.2 Å². The molecule has 0 radical (unpaired) electrons. The van der Waals surface area contributed by atoms with Gasteiger partial charge in [-0.05, 0) is 35.9 Å². The Morgan fingerprint density at radius 2 is 1.43 bits per heavy atom. The van der Waals surface area contributed by atoms with Crippen LogP contribution in [0.2, 0.25) is 0 Å². The van der Waals surface area contributed by atoms with Crippen LogP contribution in [0.5, 0.6) is 0 Å². The molecule has 3 aromatic rings. The summed E-state index contributed by atoms with van der Waals surface area (Å²) in [5.41, 5.74) is 1.84. The van der Waals surface area contributed by atoms with Gasteiger partial charge in [0, 0.05) is 11.8 Å². The molecule has 0 N–H and O–H groups in total. The lowest BCUT2D eigenvalue weighted by atomic mass is 10.1. The summed E-state index contributed by atoms with van der Waals surface area (Å²) in [5.74, 6) is -0.421. The van der Waals surface area contributed by atoms with Crippen LogP contribution in [0.1, 0.15) is 26.4 Å². The predicted molar refractivity (Wildman–Crippen MR) is 90.4 cm³/mol. The van der Waals surface area contributed by atoms with Gasteiger partial charge in [0.2, 0.25) is 5.78 Å². The van der Waals surface area contributed by atoms with Crippen molar-refractivity contribution in [2.24, 2.45) is 0 Å². The smallest absolute Gasteiger partial charge is 0.262 e. The molecule has 0 aliphatic carbocycles. The van der Waals surface area contributed by atoms with E-state index in [0.717, 1.165) is 5.56 Å². The summed E-state index contributed by atoms with van der Waals surface area (Å²) < 4.78 is 1.38. The van der Waals surface area contributed by atoms with Gasteiger partial charge in [0.25, 0.3) is 5.91 Å². The molecule has 23 heavy (non-hydrogen) atoms. The number of hydrogen-bond acceptors (Lipinski definition) is 2. The molecular formula is C20H15NO2. The van der Waals surface area contributed by atoms with E-state index in [-0.39, 0.29) is 11.7 Å². The van der Waals surface area contributed by atoms with Gasteiger partial charge < -0.3 is 0 Å². The van der Waals surface area contributed by atoms with Gasteiger partial charge in [0.05, 0.1) is 5.69 Å². The lowest BCUT2D eigenvalue weighted by Gasteiger charge is -2.05. The van der Waals surface area contributed by atoms with Crippen LogP contribution in [0.3, 0.4) is 0 Å². The molecule has 0 saturated carbocycles. The van der Waals surface area contributed by atoms with Gasteiger partial charge in [-0.1, -0.05) is 54.6 Å². The van der Waals surface area contributed by atoms with Crippen molar-refractivity contribution in [1.82, 2.24) is 4.57 Å². The van der Waals surface area contributed by atoms with Crippen LogP contribution in [0.4, 0.5) is 0 Å². The second-order valence-corrected chi connectivity index (χ2v) is 5.04. The van der Waals surface area contributed by atoms with E-state index < -0.39 is 0 Å². The SMILES string of the molecule is O=C(C=Cc1ccccc1)c1cccn1C(=O)c1ccccc1. The van der Waals surface area contributed by atoms with E-state index in [9.17, 15) is 9.59 Å². The summed E-state index contributed by atoms with van der Waals surface area (Å²) in [6.07, 6.45) is 4.84. The third kappa shape index (κ3) is 3.35. The molecule has 0 bridgehead atoms. The summed E-state index contributed by atoms with van der Waals surface area (Å²) in [5, 5.41) is 0. The number of hydrogen-bond donors (Lipinski definition) is 0. The summed E-state index contributed by atoms with van der Waals surface area (Å²) in [7, 11) is 0. The molecule has 1 heterocycles. The van der Waals surface area contributed by atoms with Gasteiger partial charge in [-0.25, -0.2) is 0 Å². The highest BCUT2D eigenvalue weighted by molar-refractivity contribution is 6.09. The highest BCUT2D eigenvalue weighted by Gasteiger charge is 2.14. The van der Waals surface area contributed by atoms with Crippen LogP contribution >= 0.6 is 0 Å². The lowest BCUT2D eigenvalue weighted by molar-refractivity contribution is 0.0935. The average molecular weight is 301 g/mol. The highest BCUT2D eigenvalue weighted by atomic mass is 16.2. The number of nitrogens with zero attached hydrogens (tertiary/aromatic N) is 1. The third-order valence-electron chi connectivity index (χ3n) is 3.47. The molecule has 0 saturated heterocycles. The summed E-state index contributed by atoms with van der Waals surface area (Å²) in [6.45, 7) is 0. The number of aromatic nitrogens is 1. The quantitative estimate of drug-likeness (QED) is 0.538. The normalized spacial score (nSPS) is 10.8. The van der Waals surface area contributed by atoms with Gasteiger partial charge in [0.1, 0.15) is 0 Å². The van der Waals surface area contributed by atoms with Crippen LogP contribution in [0, 0.1) is 0 Å². The first-order valence-corrected chi connectivity index (χ1v) is 7.30. The average Bonchev–Trinajstić information content (AvgIpc) is 3.10. The molecule has 0 spiro atoms. The van der Waals surface area contributed by atoms with Crippen molar-refractivity contribution in [1.29, 1.82) is 0 Å². The molecule has 0 unspecified atom stereocenters. The monoisotopic (exact) mass is 301 g/mol. The van der Waals surface area contributed by atoms with Crippen molar-refractivity contribution in [2.45, 2.75) is 0 Å². The largest absolute Gasteiger partial charge is 0.288 e. The Morgan fingerprint density at radius 1 is 0.783 bits per heavy atom. The molecule has 3 heteroatoms. The number of ketones is 1. The Hall–Kier alpha value is -3.20. The molecule has 1 aromatic heterocycles. The van der Waals surface area contributed by atoms with Crippen molar-refractivity contribution in [3.8, 4) is 0 Å². The van der Waals surface area contributed by atoms with E-state index in [4.69, 9.17) is 0 Å². The number of carbonyl (C=O) groups excluding carboxylic acids is 2. The molecule has 0 amide bonds. The van der Waals surface area contributed by atoms with Crippen molar-refractivity contribution < 1.29 is 9.59 Å². The van der Waals surface area contributed by atoms with Gasteiger partial charge >= 0.3 is 0 Å². The van der Waals surface area contributed by atoms with E-state index in [1.807, 2.05) is 36.4 Å². The minimum atomic E-state index is -0.216. The fraction of sp³-hybridized carbons (Fsp3) is 0. The Labute approximate surface area is 134 Å². The van der Waals surface area contributed by atoms with Gasteiger partial charge in [0.15, 0.2) is 0 Å². The second kappa shape index (κ2) is 6.71. The molecule has 2 aromatic carbocycles. The minimum absolute atomic E-state index is 0.205. The zero-order valence-electron chi connectivity index (χ0n) is 12.4. The van der Waals surface area contributed by atoms with E-state index in [0.29, 0.717) is 11.3 Å². The van der Waals surface area contributed by atoms with E-state index in [1.54, 1.807) is 48.7 Å². The Morgan fingerprint density at radius 3 is 2.13 bits per heavy atom. The fourth-order valence-electron chi connectivity index (χ4n) is 2.30. The molecule has 0 aliphatic rings.